The molecule has 0 aromatic heterocycles. The molecule has 2 aromatic carbocycles. The Labute approximate surface area is 188 Å². The van der Waals surface area contributed by atoms with E-state index in [0.29, 0.717) is 0 Å². The van der Waals surface area contributed by atoms with Gasteiger partial charge in [-0.2, -0.15) is 0 Å². The number of ether oxygens (including phenoxy) is 2. The zero-order chi connectivity index (χ0) is 23.2. The van der Waals surface area contributed by atoms with Crippen molar-refractivity contribution in [3.05, 3.63) is 59.7 Å². The van der Waals surface area contributed by atoms with Crippen molar-refractivity contribution in [3.8, 4) is 11.1 Å². The van der Waals surface area contributed by atoms with E-state index in [1.165, 1.54) is 0 Å². The normalized spacial score (nSPS) is 22.5. The second kappa shape index (κ2) is 8.08. The Morgan fingerprint density at radius 2 is 1.47 bits per heavy atom. The van der Waals surface area contributed by atoms with Crippen LogP contribution in [0.25, 0.3) is 11.1 Å². The van der Waals surface area contributed by atoms with Gasteiger partial charge < -0.3 is 9.47 Å². The monoisotopic (exact) mass is 435 g/mol. The number of esters is 1. The number of carbonyl (C=O) groups excluding carboxylic acids is 3. The van der Waals surface area contributed by atoms with Gasteiger partial charge in [0.1, 0.15) is 18.2 Å². The van der Waals surface area contributed by atoms with E-state index in [4.69, 9.17) is 9.47 Å². The zero-order valence-corrected chi connectivity index (χ0v) is 19.1. The number of fused-ring (bicyclic) bond motifs is 3. The maximum absolute atomic E-state index is 13.1. The van der Waals surface area contributed by atoms with Gasteiger partial charge in [-0.3, -0.25) is 4.79 Å². The maximum atomic E-state index is 13.1. The van der Waals surface area contributed by atoms with E-state index in [2.05, 4.69) is 12.1 Å². The highest BCUT2D eigenvalue weighted by Gasteiger charge is 2.52. The molecule has 2 aliphatic rings. The van der Waals surface area contributed by atoms with Crippen LogP contribution < -0.4 is 0 Å². The molecule has 32 heavy (non-hydrogen) atoms. The predicted molar refractivity (Wildman–Crippen MR) is 120 cm³/mol. The van der Waals surface area contributed by atoms with Gasteiger partial charge in [0.05, 0.1) is 0 Å². The standard InChI is InChI=1S/C26H29NO5/c1-15-16(2)23(28)27(22(15)24(29)32-26(3,4)5)25(30)31-14-21-19-12-8-6-10-17(19)18-11-7-9-13-20(18)21/h6-13,15-16,21-22H,14H2,1-5H3/t15-,16+,22-/m0/s1. The minimum atomic E-state index is -0.993. The lowest BCUT2D eigenvalue weighted by Gasteiger charge is -2.28. The van der Waals surface area contributed by atoms with E-state index >= 15 is 0 Å². The van der Waals surface area contributed by atoms with Crippen LogP contribution in [0, 0.1) is 11.8 Å². The smallest absolute Gasteiger partial charge is 0.417 e. The molecule has 168 valence electrons. The quantitative estimate of drug-likeness (QED) is 0.650. The Hall–Kier alpha value is -3.15. The van der Waals surface area contributed by atoms with Crippen molar-refractivity contribution in [3.63, 3.8) is 0 Å². The molecule has 1 saturated heterocycles. The molecule has 6 nitrogen and oxygen atoms in total. The average Bonchev–Trinajstić information content (AvgIpc) is 3.18. The molecule has 3 atom stereocenters. The SMILES string of the molecule is C[C@@H]1[C@@H](C(=O)OC(C)(C)C)N(C(=O)OCC2c3ccccc3-c3ccccc32)C(=O)[C@@H]1C. The van der Waals surface area contributed by atoms with Crippen LogP contribution in [-0.4, -0.2) is 41.1 Å². The van der Waals surface area contributed by atoms with E-state index in [-0.39, 0.29) is 18.4 Å². The van der Waals surface area contributed by atoms with Crippen molar-refractivity contribution in [2.45, 2.75) is 52.2 Å². The molecule has 0 unspecified atom stereocenters. The fourth-order valence-electron chi connectivity index (χ4n) is 4.64. The number of imide groups is 1. The summed E-state index contributed by atoms with van der Waals surface area (Å²) in [4.78, 5) is 39.7. The number of benzene rings is 2. The third kappa shape index (κ3) is 3.78. The molecule has 6 heteroatoms. The van der Waals surface area contributed by atoms with Gasteiger partial charge in [0.25, 0.3) is 0 Å². The fraction of sp³-hybridized carbons (Fsp3) is 0.423. The second-order valence-corrected chi connectivity index (χ2v) is 9.64. The summed E-state index contributed by atoms with van der Waals surface area (Å²) in [6.45, 7) is 8.86. The molecule has 0 saturated carbocycles. The Morgan fingerprint density at radius 1 is 0.938 bits per heavy atom. The van der Waals surface area contributed by atoms with Crippen molar-refractivity contribution in [2.24, 2.45) is 11.8 Å². The Kier molecular flexibility index (Phi) is 5.57. The number of hydrogen-bond donors (Lipinski definition) is 0. The molecule has 2 aromatic rings. The van der Waals surface area contributed by atoms with Gasteiger partial charge in [-0.1, -0.05) is 62.4 Å². The number of nitrogens with zero attached hydrogens (tertiary/aromatic N) is 1. The highest BCUT2D eigenvalue weighted by Crippen LogP contribution is 2.44. The number of likely N-dealkylation sites (tertiary alicyclic amines) is 1. The first-order valence-corrected chi connectivity index (χ1v) is 11.0. The van der Waals surface area contributed by atoms with Crippen LogP contribution in [0.2, 0.25) is 0 Å². The summed E-state index contributed by atoms with van der Waals surface area (Å²) in [6.07, 6.45) is -0.802. The lowest BCUT2D eigenvalue weighted by molar-refractivity contribution is -0.162. The summed E-state index contributed by atoms with van der Waals surface area (Å²) < 4.78 is 11.2. The zero-order valence-electron chi connectivity index (χ0n) is 19.1. The molecule has 0 spiro atoms. The van der Waals surface area contributed by atoms with Gasteiger partial charge in [-0.25, -0.2) is 14.5 Å². The van der Waals surface area contributed by atoms with E-state index in [1.807, 2.05) is 36.4 Å². The van der Waals surface area contributed by atoms with Gasteiger partial charge in [-0.15, -0.1) is 0 Å². The van der Waals surface area contributed by atoms with Crippen molar-refractivity contribution in [1.29, 1.82) is 0 Å². The van der Waals surface area contributed by atoms with Gasteiger partial charge in [0.2, 0.25) is 5.91 Å². The summed E-state index contributed by atoms with van der Waals surface area (Å²) in [5.41, 5.74) is 3.68. The number of rotatable bonds is 3. The Morgan fingerprint density at radius 3 is 2.00 bits per heavy atom. The fourth-order valence-corrected chi connectivity index (χ4v) is 4.64. The summed E-state index contributed by atoms with van der Waals surface area (Å²) in [7, 11) is 0. The first kappa shape index (κ1) is 22.1. The molecule has 1 aliphatic heterocycles. The maximum Gasteiger partial charge on any atom is 0.417 e. The van der Waals surface area contributed by atoms with Crippen LogP contribution in [0.5, 0.6) is 0 Å². The van der Waals surface area contributed by atoms with Crippen molar-refractivity contribution in [1.82, 2.24) is 4.90 Å². The van der Waals surface area contributed by atoms with Gasteiger partial charge >= 0.3 is 12.1 Å². The molecule has 1 aliphatic carbocycles. The van der Waals surface area contributed by atoms with Crippen molar-refractivity contribution >= 4 is 18.0 Å². The topological polar surface area (TPSA) is 72.9 Å². The van der Waals surface area contributed by atoms with Crippen molar-refractivity contribution < 1.29 is 23.9 Å². The number of carbonyl (C=O) groups is 3. The van der Waals surface area contributed by atoms with E-state index in [9.17, 15) is 14.4 Å². The van der Waals surface area contributed by atoms with E-state index in [0.717, 1.165) is 27.2 Å². The minimum Gasteiger partial charge on any atom is -0.458 e. The third-order valence-corrected chi connectivity index (χ3v) is 6.37. The first-order valence-electron chi connectivity index (χ1n) is 11.0. The molecule has 1 fully saturated rings. The van der Waals surface area contributed by atoms with Crippen molar-refractivity contribution in [2.75, 3.05) is 6.61 Å². The van der Waals surface area contributed by atoms with Crippen LogP contribution in [0.4, 0.5) is 4.79 Å². The number of hydrogen-bond acceptors (Lipinski definition) is 5. The Bertz CT molecular complexity index is 1020. The van der Waals surface area contributed by atoms with Crippen LogP contribution >= 0.6 is 0 Å². The van der Waals surface area contributed by atoms with Crippen LogP contribution in [0.3, 0.4) is 0 Å². The lowest BCUT2D eigenvalue weighted by Crippen LogP contribution is -2.47. The van der Waals surface area contributed by atoms with Crippen LogP contribution in [0.15, 0.2) is 48.5 Å². The predicted octanol–water partition coefficient (Wildman–Crippen LogP) is 4.76. The molecular weight excluding hydrogens is 406 g/mol. The molecular formula is C26H29NO5. The van der Waals surface area contributed by atoms with E-state index in [1.54, 1.807) is 34.6 Å². The highest BCUT2D eigenvalue weighted by molar-refractivity contribution is 6.01. The Balaban J connectivity index is 1.55. The van der Waals surface area contributed by atoms with Crippen LogP contribution in [-0.2, 0) is 19.1 Å². The second-order valence-electron chi connectivity index (χ2n) is 9.64. The van der Waals surface area contributed by atoms with Gasteiger partial charge in [-0.05, 0) is 48.9 Å². The first-order chi connectivity index (χ1) is 15.1. The van der Waals surface area contributed by atoms with Crippen LogP contribution in [0.1, 0.15) is 51.7 Å². The van der Waals surface area contributed by atoms with Gasteiger partial charge in [0, 0.05) is 11.8 Å². The lowest BCUT2D eigenvalue weighted by atomic mass is 9.94. The average molecular weight is 436 g/mol. The summed E-state index contributed by atoms with van der Waals surface area (Å²) in [5.74, 6) is -1.97. The summed E-state index contributed by atoms with van der Waals surface area (Å²) >= 11 is 0. The molecule has 4 rings (SSSR count). The molecule has 1 heterocycles. The van der Waals surface area contributed by atoms with E-state index < -0.39 is 35.5 Å². The summed E-state index contributed by atoms with van der Waals surface area (Å²) in [6, 6.07) is 15.1. The van der Waals surface area contributed by atoms with Gasteiger partial charge in [0.15, 0.2) is 0 Å². The highest BCUT2D eigenvalue weighted by atomic mass is 16.6. The largest absolute Gasteiger partial charge is 0.458 e. The molecule has 0 bridgehead atoms. The number of amides is 2. The minimum absolute atomic E-state index is 0.0838. The summed E-state index contributed by atoms with van der Waals surface area (Å²) in [5, 5.41) is 0. The molecule has 0 radical (unpaired) electrons. The molecule has 0 N–H and O–H groups in total. The molecule has 2 amide bonds. The third-order valence-electron chi connectivity index (χ3n) is 6.37.